The van der Waals surface area contributed by atoms with E-state index in [2.05, 4.69) is 30.9 Å². The molecule has 1 saturated heterocycles. The summed E-state index contributed by atoms with van der Waals surface area (Å²) in [7, 11) is 1.71. The van der Waals surface area contributed by atoms with Gasteiger partial charge in [-0.3, -0.25) is 4.90 Å². The maximum Gasteiger partial charge on any atom is 0.119 e. The average Bonchev–Trinajstić information content (AvgIpc) is 2.55. The average molecular weight is 290 g/mol. The van der Waals surface area contributed by atoms with Crippen LogP contribution in [0.5, 0.6) is 5.75 Å². The molecule has 118 valence electrons. The van der Waals surface area contributed by atoms with Crippen LogP contribution in [0.25, 0.3) is 0 Å². The van der Waals surface area contributed by atoms with Gasteiger partial charge in [0, 0.05) is 11.6 Å². The highest BCUT2D eigenvalue weighted by molar-refractivity contribution is 5.29. The molecular formula is C18H30N2O. The van der Waals surface area contributed by atoms with E-state index < -0.39 is 0 Å². The molecule has 1 aromatic carbocycles. The maximum absolute atomic E-state index is 6.63. The van der Waals surface area contributed by atoms with Crippen molar-refractivity contribution < 1.29 is 4.74 Å². The topological polar surface area (TPSA) is 38.5 Å². The van der Waals surface area contributed by atoms with E-state index >= 15 is 0 Å². The highest BCUT2D eigenvalue weighted by Gasteiger charge is 2.36. The first-order valence-corrected chi connectivity index (χ1v) is 8.23. The minimum atomic E-state index is 0.0868. The fourth-order valence-electron chi connectivity index (χ4n) is 3.40. The Hall–Kier alpha value is -1.06. The van der Waals surface area contributed by atoms with Crippen molar-refractivity contribution in [1.29, 1.82) is 0 Å². The molecule has 3 heteroatoms. The van der Waals surface area contributed by atoms with Gasteiger partial charge in [0.05, 0.1) is 7.11 Å². The third-order valence-corrected chi connectivity index (χ3v) is 5.18. The lowest BCUT2D eigenvalue weighted by Gasteiger charge is -2.47. The second kappa shape index (κ2) is 7.28. The van der Waals surface area contributed by atoms with Gasteiger partial charge in [-0.25, -0.2) is 0 Å². The molecule has 2 unspecified atom stereocenters. The van der Waals surface area contributed by atoms with E-state index in [4.69, 9.17) is 10.5 Å². The van der Waals surface area contributed by atoms with Gasteiger partial charge in [-0.1, -0.05) is 25.5 Å². The standard InChI is InChI=1S/C18H30N2O/c1-4-18(2,20-11-6-5-7-12-20)17(19)14-15-9-8-10-16(13-15)21-3/h8-10,13,17H,4-7,11-12,14,19H2,1-3H3. The summed E-state index contributed by atoms with van der Waals surface area (Å²) in [5.41, 5.74) is 7.98. The van der Waals surface area contributed by atoms with E-state index in [1.807, 2.05) is 12.1 Å². The summed E-state index contributed by atoms with van der Waals surface area (Å²) in [5.74, 6) is 0.913. The van der Waals surface area contributed by atoms with Crippen LogP contribution in [0, 0.1) is 0 Å². The van der Waals surface area contributed by atoms with Crippen molar-refractivity contribution in [2.45, 2.75) is 57.5 Å². The van der Waals surface area contributed by atoms with Gasteiger partial charge in [-0.15, -0.1) is 0 Å². The first-order valence-electron chi connectivity index (χ1n) is 8.23. The Kier molecular flexibility index (Phi) is 5.65. The van der Waals surface area contributed by atoms with Crippen LogP contribution in [0.1, 0.15) is 45.1 Å². The van der Waals surface area contributed by atoms with Crippen molar-refractivity contribution in [2.75, 3.05) is 20.2 Å². The van der Waals surface area contributed by atoms with E-state index in [0.29, 0.717) is 0 Å². The molecule has 2 rings (SSSR count). The van der Waals surface area contributed by atoms with Gasteiger partial charge in [0.25, 0.3) is 0 Å². The van der Waals surface area contributed by atoms with Gasteiger partial charge in [0.15, 0.2) is 0 Å². The summed E-state index contributed by atoms with van der Waals surface area (Å²) in [4.78, 5) is 2.61. The van der Waals surface area contributed by atoms with Gasteiger partial charge in [0.2, 0.25) is 0 Å². The van der Waals surface area contributed by atoms with E-state index in [0.717, 1.165) is 18.6 Å². The van der Waals surface area contributed by atoms with Crippen LogP contribution in [0.4, 0.5) is 0 Å². The number of methoxy groups -OCH3 is 1. The maximum atomic E-state index is 6.63. The summed E-state index contributed by atoms with van der Waals surface area (Å²) >= 11 is 0. The Morgan fingerprint density at radius 1 is 1.29 bits per heavy atom. The quantitative estimate of drug-likeness (QED) is 0.874. The zero-order valence-corrected chi connectivity index (χ0v) is 13.8. The van der Waals surface area contributed by atoms with Crippen molar-refractivity contribution in [2.24, 2.45) is 5.73 Å². The number of nitrogens with zero attached hydrogens (tertiary/aromatic N) is 1. The molecule has 1 fully saturated rings. The van der Waals surface area contributed by atoms with Crippen LogP contribution in [-0.4, -0.2) is 36.7 Å². The van der Waals surface area contributed by atoms with Gasteiger partial charge in [-0.2, -0.15) is 0 Å². The Morgan fingerprint density at radius 2 is 2.00 bits per heavy atom. The van der Waals surface area contributed by atoms with Crippen LogP contribution in [0.3, 0.4) is 0 Å². The molecule has 1 aromatic rings. The third kappa shape index (κ3) is 3.78. The Bertz CT molecular complexity index is 443. The zero-order valence-electron chi connectivity index (χ0n) is 13.8. The molecule has 3 nitrogen and oxygen atoms in total. The molecule has 0 aliphatic carbocycles. The number of benzene rings is 1. The van der Waals surface area contributed by atoms with Crippen LogP contribution < -0.4 is 10.5 Å². The van der Waals surface area contributed by atoms with E-state index in [-0.39, 0.29) is 11.6 Å². The predicted octanol–water partition coefficient (Wildman–Crippen LogP) is 3.22. The molecule has 1 heterocycles. The number of hydrogen-bond donors (Lipinski definition) is 1. The van der Waals surface area contributed by atoms with Gasteiger partial charge < -0.3 is 10.5 Å². The van der Waals surface area contributed by atoms with Crippen molar-refractivity contribution >= 4 is 0 Å². The molecule has 0 aromatic heterocycles. The van der Waals surface area contributed by atoms with Gasteiger partial charge in [-0.05, 0) is 63.4 Å². The van der Waals surface area contributed by atoms with E-state index in [9.17, 15) is 0 Å². The lowest BCUT2D eigenvalue weighted by Crippen LogP contribution is -2.59. The Labute approximate surface area is 129 Å². The summed E-state index contributed by atoms with van der Waals surface area (Å²) in [5, 5.41) is 0. The molecular weight excluding hydrogens is 260 g/mol. The summed E-state index contributed by atoms with van der Waals surface area (Å²) in [6, 6.07) is 8.43. The smallest absolute Gasteiger partial charge is 0.119 e. The van der Waals surface area contributed by atoms with E-state index in [1.54, 1.807) is 7.11 Å². The molecule has 0 amide bonds. The molecule has 2 N–H and O–H groups in total. The predicted molar refractivity (Wildman–Crippen MR) is 88.8 cm³/mol. The highest BCUT2D eigenvalue weighted by atomic mass is 16.5. The molecule has 0 radical (unpaired) electrons. The van der Waals surface area contributed by atoms with Gasteiger partial charge >= 0.3 is 0 Å². The van der Waals surface area contributed by atoms with Crippen molar-refractivity contribution in [3.63, 3.8) is 0 Å². The third-order valence-electron chi connectivity index (χ3n) is 5.18. The van der Waals surface area contributed by atoms with Crippen molar-refractivity contribution in [3.05, 3.63) is 29.8 Å². The van der Waals surface area contributed by atoms with Crippen molar-refractivity contribution in [3.8, 4) is 5.75 Å². The fraction of sp³-hybridized carbons (Fsp3) is 0.667. The molecule has 0 bridgehead atoms. The molecule has 0 saturated carbocycles. The number of likely N-dealkylation sites (tertiary alicyclic amines) is 1. The second-order valence-corrected chi connectivity index (χ2v) is 6.42. The lowest BCUT2D eigenvalue weighted by atomic mass is 9.83. The fourth-order valence-corrected chi connectivity index (χ4v) is 3.40. The van der Waals surface area contributed by atoms with E-state index in [1.165, 1.54) is 37.9 Å². The molecule has 1 aliphatic rings. The minimum absolute atomic E-state index is 0.0868. The Balaban J connectivity index is 2.09. The van der Waals surface area contributed by atoms with Crippen molar-refractivity contribution in [1.82, 2.24) is 4.90 Å². The van der Waals surface area contributed by atoms with Crippen LogP contribution in [-0.2, 0) is 6.42 Å². The second-order valence-electron chi connectivity index (χ2n) is 6.42. The minimum Gasteiger partial charge on any atom is -0.497 e. The monoisotopic (exact) mass is 290 g/mol. The number of piperidine rings is 1. The zero-order chi connectivity index (χ0) is 15.3. The first kappa shape index (κ1) is 16.3. The lowest BCUT2D eigenvalue weighted by molar-refractivity contribution is 0.0546. The van der Waals surface area contributed by atoms with Crippen LogP contribution in [0.15, 0.2) is 24.3 Å². The molecule has 21 heavy (non-hydrogen) atoms. The molecule has 2 atom stereocenters. The van der Waals surface area contributed by atoms with Crippen LogP contribution >= 0.6 is 0 Å². The highest BCUT2D eigenvalue weighted by Crippen LogP contribution is 2.28. The summed E-state index contributed by atoms with van der Waals surface area (Å²) in [6.07, 6.45) is 5.97. The molecule has 0 spiro atoms. The van der Waals surface area contributed by atoms with Gasteiger partial charge in [0.1, 0.15) is 5.75 Å². The largest absolute Gasteiger partial charge is 0.497 e. The number of ether oxygens (including phenoxy) is 1. The number of rotatable bonds is 6. The SMILES string of the molecule is CCC(C)(C(N)Cc1cccc(OC)c1)N1CCCCC1. The number of nitrogens with two attached hydrogens (primary N) is 1. The molecule has 1 aliphatic heterocycles. The Morgan fingerprint density at radius 3 is 2.62 bits per heavy atom. The summed E-state index contributed by atoms with van der Waals surface area (Å²) < 4.78 is 5.31. The van der Waals surface area contributed by atoms with Crippen LogP contribution in [0.2, 0.25) is 0 Å². The normalized spacial score (nSPS) is 20.8. The summed E-state index contributed by atoms with van der Waals surface area (Å²) in [6.45, 7) is 6.98. The first-order chi connectivity index (χ1) is 10.1. The number of hydrogen-bond acceptors (Lipinski definition) is 3.